The van der Waals surface area contributed by atoms with E-state index in [4.69, 9.17) is 32.9 Å². The maximum absolute atomic E-state index is 6.32. The van der Waals surface area contributed by atoms with Crippen LogP contribution in [0.1, 0.15) is 31.2 Å². The molecule has 38 heavy (non-hydrogen) atoms. The van der Waals surface area contributed by atoms with Crippen molar-refractivity contribution in [2.45, 2.75) is 32.2 Å². The zero-order chi connectivity index (χ0) is 26.1. The second-order valence-corrected chi connectivity index (χ2v) is 11.8. The van der Waals surface area contributed by atoms with Crippen LogP contribution in [0, 0.1) is 11.8 Å². The molecule has 1 saturated carbocycles. The fourth-order valence-corrected chi connectivity index (χ4v) is 6.21. The largest absolute Gasteiger partial charge is 0.436 e. The summed E-state index contributed by atoms with van der Waals surface area (Å²) in [6.07, 6.45) is 8.60. The Bertz CT molecular complexity index is 1240. The summed E-state index contributed by atoms with van der Waals surface area (Å²) in [5.74, 6) is 3.70. The maximum Gasteiger partial charge on any atom is 0.225 e. The normalized spacial score (nSPS) is 22.4. The quantitative estimate of drug-likeness (QED) is 0.371. The summed E-state index contributed by atoms with van der Waals surface area (Å²) in [5.41, 5.74) is 2.80. The average Bonchev–Trinajstić information content (AvgIpc) is 3.69. The second-order valence-electron chi connectivity index (χ2n) is 10.9. The second kappa shape index (κ2) is 11.3. The van der Waals surface area contributed by atoms with Crippen molar-refractivity contribution in [2.75, 3.05) is 51.2 Å². The molecule has 7 nitrogen and oxygen atoms in total. The van der Waals surface area contributed by atoms with Crippen LogP contribution in [0.4, 0.5) is 5.95 Å². The van der Waals surface area contributed by atoms with Crippen LogP contribution in [0.3, 0.4) is 0 Å². The highest BCUT2D eigenvalue weighted by Gasteiger charge is 2.38. The molecule has 2 atom stereocenters. The highest BCUT2D eigenvalue weighted by Crippen LogP contribution is 2.45. The highest BCUT2D eigenvalue weighted by molar-refractivity contribution is 6.35. The van der Waals surface area contributed by atoms with Crippen LogP contribution in [0.2, 0.25) is 10.0 Å². The van der Waals surface area contributed by atoms with Gasteiger partial charge in [-0.1, -0.05) is 23.2 Å². The Kier molecular flexibility index (Phi) is 7.70. The van der Waals surface area contributed by atoms with Gasteiger partial charge in [-0.15, -0.1) is 0 Å². The third-order valence-corrected chi connectivity index (χ3v) is 8.40. The third-order valence-electron chi connectivity index (χ3n) is 7.97. The fourth-order valence-electron chi connectivity index (χ4n) is 5.69. The first-order valence-electron chi connectivity index (χ1n) is 13.6. The molecule has 2 aromatic heterocycles. The fraction of sp³-hybridized carbons (Fsp3) is 0.483. The molecule has 0 amide bonds. The number of hydrogen-bond donors (Lipinski definition) is 0. The Morgan fingerprint density at radius 3 is 2.34 bits per heavy atom. The molecule has 3 aliphatic rings. The summed E-state index contributed by atoms with van der Waals surface area (Å²) in [7, 11) is 2.16. The number of aromatic nitrogens is 3. The number of anilines is 1. The Labute approximate surface area is 234 Å². The lowest BCUT2D eigenvalue weighted by Gasteiger charge is -2.21. The summed E-state index contributed by atoms with van der Waals surface area (Å²) in [6, 6.07) is 9.66. The molecular weight excluding hydrogens is 519 g/mol. The topological polar surface area (TPSA) is 57.6 Å². The summed E-state index contributed by atoms with van der Waals surface area (Å²) in [5, 5.41) is 1.16. The average molecular weight is 554 g/mol. The van der Waals surface area contributed by atoms with E-state index in [1.165, 1.54) is 19.3 Å². The predicted octanol–water partition coefficient (Wildman–Crippen LogP) is 6.01. The molecular formula is C29H34Cl2N6O. The van der Waals surface area contributed by atoms with Crippen molar-refractivity contribution in [3.63, 3.8) is 0 Å². The van der Waals surface area contributed by atoms with Gasteiger partial charge in [0.05, 0.1) is 18.1 Å². The number of likely N-dealkylation sites (N-methyl/N-ethyl adjacent to an activating group) is 1. The van der Waals surface area contributed by atoms with Crippen LogP contribution in [-0.2, 0) is 6.54 Å². The van der Waals surface area contributed by atoms with Crippen molar-refractivity contribution in [1.82, 2.24) is 24.8 Å². The number of ether oxygens (including phenoxy) is 1. The van der Waals surface area contributed by atoms with E-state index in [0.717, 1.165) is 86.8 Å². The lowest BCUT2D eigenvalue weighted by molar-refractivity contribution is 0.266. The van der Waals surface area contributed by atoms with E-state index in [1.54, 1.807) is 18.5 Å². The summed E-state index contributed by atoms with van der Waals surface area (Å²) < 4.78 is 6.22. The van der Waals surface area contributed by atoms with Crippen molar-refractivity contribution in [3.8, 4) is 22.9 Å². The number of nitrogens with zero attached hydrogens (tertiary/aromatic N) is 6. The van der Waals surface area contributed by atoms with Gasteiger partial charge in [-0.25, -0.2) is 15.0 Å². The number of hydrogen-bond acceptors (Lipinski definition) is 7. The maximum atomic E-state index is 6.32. The van der Waals surface area contributed by atoms with Crippen molar-refractivity contribution >= 4 is 29.2 Å². The molecule has 0 unspecified atom stereocenters. The van der Waals surface area contributed by atoms with Gasteiger partial charge in [0.25, 0.3) is 0 Å². The number of pyridine rings is 1. The number of benzene rings is 1. The molecule has 200 valence electrons. The van der Waals surface area contributed by atoms with Crippen LogP contribution < -0.4 is 9.64 Å². The van der Waals surface area contributed by atoms with E-state index in [9.17, 15) is 0 Å². The van der Waals surface area contributed by atoms with E-state index < -0.39 is 0 Å². The minimum Gasteiger partial charge on any atom is -0.436 e. The van der Waals surface area contributed by atoms with Gasteiger partial charge in [-0.3, -0.25) is 4.90 Å². The van der Waals surface area contributed by atoms with Crippen LogP contribution in [0.15, 0.2) is 42.7 Å². The SMILES string of the molecule is CN1CCCN(c2ncc(Oc3cc(CN4CC[C@@H]5C[C@@H]5CC4)cc(-c4cc(Cl)cc(Cl)c4)n3)cn2)CC1. The summed E-state index contributed by atoms with van der Waals surface area (Å²) in [6.45, 7) is 7.12. The molecule has 4 heterocycles. The van der Waals surface area contributed by atoms with Crippen molar-refractivity contribution in [3.05, 3.63) is 58.3 Å². The zero-order valence-corrected chi connectivity index (χ0v) is 23.3. The molecule has 1 aliphatic carbocycles. The van der Waals surface area contributed by atoms with E-state index in [1.807, 2.05) is 18.2 Å². The van der Waals surface area contributed by atoms with Gasteiger partial charge < -0.3 is 14.5 Å². The molecule has 6 rings (SSSR count). The van der Waals surface area contributed by atoms with Gasteiger partial charge in [-0.05, 0) is 94.0 Å². The molecule has 0 bridgehead atoms. The summed E-state index contributed by atoms with van der Waals surface area (Å²) >= 11 is 12.6. The van der Waals surface area contributed by atoms with Gasteiger partial charge >= 0.3 is 0 Å². The van der Waals surface area contributed by atoms with Gasteiger partial charge in [0, 0.05) is 47.9 Å². The van der Waals surface area contributed by atoms with Crippen LogP contribution in [0.25, 0.3) is 11.3 Å². The van der Waals surface area contributed by atoms with Crippen LogP contribution in [-0.4, -0.2) is 71.1 Å². The van der Waals surface area contributed by atoms with E-state index >= 15 is 0 Å². The summed E-state index contributed by atoms with van der Waals surface area (Å²) in [4.78, 5) is 21.2. The first-order chi connectivity index (χ1) is 18.5. The number of rotatable bonds is 6. The van der Waals surface area contributed by atoms with Gasteiger partial charge in [0.2, 0.25) is 11.8 Å². The number of likely N-dealkylation sites (tertiary alicyclic amines) is 1. The number of halogens is 2. The third kappa shape index (κ3) is 6.40. The van der Waals surface area contributed by atoms with Gasteiger partial charge in [-0.2, -0.15) is 0 Å². The zero-order valence-electron chi connectivity index (χ0n) is 21.8. The molecule has 0 spiro atoms. The van der Waals surface area contributed by atoms with Gasteiger partial charge in [0.1, 0.15) is 0 Å². The molecule has 0 radical (unpaired) electrons. The van der Waals surface area contributed by atoms with E-state index in [-0.39, 0.29) is 0 Å². The number of fused-ring (bicyclic) bond motifs is 1. The van der Waals surface area contributed by atoms with Crippen molar-refractivity contribution in [2.24, 2.45) is 11.8 Å². The molecule has 3 fully saturated rings. The minimum atomic E-state index is 0.513. The standard InChI is InChI=1S/C29H34Cl2N6O/c1-35-5-2-6-37(10-9-35)29-32-17-26(18-33-29)38-28-12-20(19-36-7-3-21-13-22(21)4-8-36)11-27(34-28)23-14-24(30)16-25(31)15-23/h11-12,14-18,21-22H,2-10,13,19H2,1H3/t21-,22+. The molecule has 0 N–H and O–H groups in total. The first kappa shape index (κ1) is 25.8. The molecule has 3 aromatic rings. The monoisotopic (exact) mass is 552 g/mol. The Morgan fingerprint density at radius 1 is 0.868 bits per heavy atom. The van der Waals surface area contributed by atoms with Crippen LogP contribution in [0.5, 0.6) is 11.6 Å². The predicted molar refractivity (Wildman–Crippen MR) is 152 cm³/mol. The highest BCUT2D eigenvalue weighted by atomic mass is 35.5. The minimum absolute atomic E-state index is 0.513. The Hall–Kier alpha value is -2.45. The smallest absolute Gasteiger partial charge is 0.225 e. The Morgan fingerprint density at radius 2 is 1.61 bits per heavy atom. The van der Waals surface area contributed by atoms with Crippen molar-refractivity contribution < 1.29 is 4.74 Å². The van der Waals surface area contributed by atoms with E-state index in [2.05, 4.69) is 37.8 Å². The lowest BCUT2D eigenvalue weighted by Crippen LogP contribution is -2.30. The van der Waals surface area contributed by atoms with E-state index in [0.29, 0.717) is 21.7 Å². The first-order valence-corrected chi connectivity index (χ1v) is 14.4. The molecule has 1 aromatic carbocycles. The van der Waals surface area contributed by atoms with Crippen LogP contribution >= 0.6 is 23.2 Å². The molecule has 9 heteroatoms. The van der Waals surface area contributed by atoms with Gasteiger partial charge in [0.15, 0.2) is 5.75 Å². The van der Waals surface area contributed by atoms with Crippen molar-refractivity contribution in [1.29, 1.82) is 0 Å². The Balaban J connectivity index is 1.23. The molecule has 2 aliphatic heterocycles. The lowest BCUT2D eigenvalue weighted by atomic mass is 10.1. The molecule has 2 saturated heterocycles.